The van der Waals surface area contributed by atoms with Crippen LogP contribution in [-0.2, 0) is 6.54 Å². The highest BCUT2D eigenvalue weighted by atomic mass is 32.1. The fraction of sp³-hybridized carbons (Fsp3) is 0.235. The van der Waals surface area contributed by atoms with Gasteiger partial charge in [-0.3, -0.25) is 14.3 Å². The van der Waals surface area contributed by atoms with Crippen LogP contribution in [0.25, 0.3) is 10.2 Å². The van der Waals surface area contributed by atoms with Crippen LogP contribution in [0.2, 0.25) is 0 Å². The molecule has 0 unspecified atom stereocenters. The molecule has 0 amide bonds. The van der Waals surface area contributed by atoms with E-state index in [2.05, 4.69) is 4.98 Å². The molecule has 0 fully saturated rings. The number of rotatable bonds is 5. The Labute approximate surface area is 151 Å². The van der Waals surface area contributed by atoms with E-state index in [1.54, 1.807) is 25.1 Å². The van der Waals surface area contributed by atoms with E-state index in [0.29, 0.717) is 22.6 Å². The molecule has 3 aromatic rings. The molecule has 0 bridgehead atoms. The molecule has 2 heterocycles. The first-order chi connectivity index (χ1) is 12.4. The zero-order valence-electron chi connectivity index (χ0n) is 14.3. The Morgan fingerprint density at radius 3 is 2.62 bits per heavy atom. The van der Waals surface area contributed by atoms with Gasteiger partial charge >= 0.3 is 11.7 Å². The third-order valence-electron chi connectivity index (χ3n) is 4.09. The van der Waals surface area contributed by atoms with Crippen molar-refractivity contribution in [1.82, 2.24) is 9.55 Å². The number of thiophene rings is 1. The SMILES string of the molecule is COc1ccc(Cn2c(=O)[nH]c3sc(C(=O)O)c(C)c3c2=O)c(OC)c1. The number of H-pyrrole nitrogens is 1. The highest BCUT2D eigenvalue weighted by Gasteiger charge is 2.20. The van der Waals surface area contributed by atoms with Gasteiger partial charge in [0.15, 0.2) is 0 Å². The van der Waals surface area contributed by atoms with Crippen LogP contribution < -0.4 is 20.7 Å². The molecule has 26 heavy (non-hydrogen) atoms. The number of ether oxygens (including phenoxy) is 2. The minimum Gasteiger partial charge on any atom is -0.497 e. The fourth-order valence-corrected chi connectivity index (χ4v) is 3.78. The summed E-state index contributed by atoms with van der Waals surface area (Å²) in [5.74, 6) is -0.0709. The molecule has 8 nitrogen and oxygen atoms in total. The topological polar surface area (TPSA) is 111 Å². The molecule has 0 radical (unpaired) electrons. The molecular weight excluding hydrogens is 360 g/mol. The third-order valence-corrected chi connectivity index (χ3v) is 5.28. The number of hydrogen-bond donors (Lipinski definition) is 2. The van der Waals surface area contributed by atoms with Gasteiger partial charge in [-0.2, -0.15) is 0 Å². The van der Waals surface area contributed by atoms with Crippen molar-refractivity contribution in [3.05, 3.63) is 55.0 Å². The van der Waals surface area contributed by atoms with Gasteiger partial charge < -0.3 is 14.6 Å². The molecule has 0 aliphatic rings. The van der Waals surface area contributed by atoms with E-state index < -0.39 is 17.2 Å². The number of fused-ring (bicyclic) bond motifs is 1. The van der Waals surface area contributed by atoms with Gasteiger partial charge in [0.05, 0.1) is 26.2 Å². The maximum Gasteiger partial charge on any atom is 0.346 e. The number of aromatic nitrogens is 2. The summed E-state index contributed by atoms with van der Waals surface area (Å²) in [5.41, 5.74) is -0.192. The zero-order chi connectivity index (χ0) is 19.0. The van der Waals surface area contributed by atoms with Crippen molar-refractivity contribution >= 4 is 27.5 Å². The summed E-state index contributed by atoms with van der Waals surface area (Å²) in [6, 6.07) is 5.07. The van der Waals surface area contributed by atoms with E-state index in [-0.39, 0.29) is 21.6 Å². The lowest BCUT2D eigenvalue weighted by Gasteiger charge is -2.11. The number of aromatic carboxylic acids is 1. The lowest BCUT2D eigenvalue weighted by molar-refractivity contribution is 0.0701. The average molecular weight is 376 g/mol. The largest absolute Gasteiger partial charge is 0.497 e. The molecule has 0 aliphatic heterocycles. The van der Waals surface area contributed by atoms with Crippen molar-refractivity contribution < 1.29 is 19.4 Å². The zero-order valence-corrected chi connectivity index (χ0v) is 15.1. The summed E-state index contributed by atoms with van der Waals surface area (Å²) in [4.78, 5) is 39.4. The van der Waals surface area contributed by atoms with Gasteiger partial charge in [0.2, 0.25) is 0 Å². The third kappa shape index (κ3) is 2.86. The minimum absolute atomic E-state index is 0.0189. The summed E-state index contributed by atoms with van der Waals surface area (Å²) in [6.07, 6.45) is 0. The molecule has 136 valence electrons. The minimum atomic E-state index is -1.13. The van der Waals surface area contributed by atoms with Crippen molar-refractivity contribution in [2.45, 2.75) is 13.5 Å². The van der Waals surface area contributed by atoms with Gasteiger partial charge in [0, 0.05) is 11.6 Å². The van der Waals surface area contributed by atoms with Gasteiger partial charge in [0.1, 0.15) is 21.2 Å². The summed E-state index contributed by atoms with van der Waals surface area (Å²) in [6.45, 7) is 1.54. The second-order valence-electron chi connectivity index (χ2n) is 5.56. The number of aryl methyl sites for hydroxylation is 1. The first-order valence-corrected chi connectivity index (χ1v) is 8.39. The normalized spacial score (nSPS) is 10.9. The molecule has 0 atom stereocenters. The maximum atomic E-state index is 12.8. The van der Waals surface area contributed by atoms with Gasteiger partial charge in [-0.05, 0) is 24.6 Å². The van der Waals surface area contributed by atoms with Gasteiger partial charge in [-0.25, -0.2) is 9.59 Å². The smallest absolute Gasteiger partial charge is 0.346 e. The summed E-state index contributed by atoms with van der Waals surface area (Å²) in [7, 11) is 3.01. The highest BCUT2D eigenvalue weighted by molar-refractivity contribution is 7.20. The molecule has 0 saturated heterocycles. The number of hydrogen-bond acceptors (Lipinski definition) is 6. The molecule has 2 aromatic heterocycles. The second kappa shape index (κ2) is 6.68. The Balaban J connectivity index is 2.18. The lowest BCUT2D eigenvalue weighted by Crippen LogP contribution is -2.35. The molecule has 2 N–H and O–H groups in total. The van der Waals surface area contributed by atoms with Crippen molar-refractivity contribution in [1.29, 1.82) is 0 Å². The average Bonchev–Trinajstić information content (AvgIpc) is 2.95. The second-order valence-corrected chi connectivity index (χ2v) is 6.59. The molecule has 0 aliphatic carbocycles. The Morgan fingerprint density at radius 1 is 1.27 bits per heavy atom. The Bertz CT molecular complexity index is 1120. The Morgan fingerprint density at radius 2 is 2.00 bits per heavy atom. The number of nitrogens with zero attached hydrogens (tertiary/aromatic N) is 1. The van der Waals surface area contributed by atoms with Crippen molar-refractivity contribution in [2.24, 2.45) is 0 Å². The van der Waals surface area contributed by atoms with Crippen LogP contribution >= 0.6 is 11.3 Å². The number of benzene rings is 1. The van der Waals surface area contributed by atoms with Gasteiger partial charge in [-0.1, -0.05) is 0 Å². The first-order valence-electron chi connectivity index (χ1n) is 7.57. The molecule has 9 heteroatoms. The molecule has 3 rings (SSSR count). The van der Waals surface area contributed by atoms with E-state index in [9.17, 15) is 19.5 Å². The quantitative estimate of drug-likeness (QED) is 0.703. The number of aromatic amines is 1. The molecular formula is C17H16N2O6S. The number of carboxylic acids is 1. The fourth-order valence-electron chi connectivity index (χ4n) is 2.75. The predicted octanol–water partition coefficient (Wildman–Crippen LogP) is 1.82. The number of nitrogens with one attached hydrogen (secondary N) is 1. The molecule has 0 saturated carbocycles. The van der Waals surface area contributed by atoms with Gasteiger partial charge in [-0.15, -0.1) is 11.3 Å². The van der Waals surface area contributed by atoms with E-state index in [1.807, 2.05) is 0 Å². The number of carbonyl (C=O) groups is 1. The summed E-state index contributed by atoms with van der Waals surface area (Å²) < 4.78 is 11.5. The molecule has 1 aromatic carbocycles. The van der Waals surface area contributed by atoms with E-state index in [0.717, 1.165) is 15.9 Å². The van der Waals surface area contributed by atoms with Crippen LogP contribution in [0.15, 0.2) is 27.8 Å². The van der Waals surface area contributed by atoms with Crippen LogP contribution in [-0.4, -0.2) is 34.8 Å². The number of methoxy groups -OCH3 is 2. The van der Waals surface area contributed by atoms with Crippen molar-refractivity contribution in [3.8, 4) is 11.5 Å². The van der Waals surface area contributed by atoms with Crippen LogP contribution in [0.1, 0.15) is 20.8 Å². The standard InChI is InChI=1S/C17H16N2O6S/c1-8-12-14(26-13(8)16(21)22)18-17(23)19(15(12)20)7-9-4-5-10(24-2)6-11(9)25-3/h4-6H,7H2,1-3H3,(H,18,23)(H,21,22). The monoisotopic (exact) mass is 376 g/mol. The summed E-state index contributed by atoms with van der Waals surface area (Å²) in [5, 5.41) is 9.44. The van der Waals surface area contributed by atoms with E-state index in [1.165, 1.54) is 14.2 Å². The van der Waals surface area contributed by atoms with E-state index >= 15 is 0 Å². The Hall–Kier alpha value is -3.07. The van der Waals surface area contributed by atoms with Crippen LogP contribution in [0.5, 0.6) is 11.5 Å². The predicted molar refractivity (Wildman–Crippen MR) is 97.1 cm³/mol. The Kier molecular flexibility index (Phi) is 4.56. The molecule has 0 spiro atoms. The maximum absolute atomic E-state index is 12.8. The van der Waals surface area contributed by atoms with E-state index in [4.69, 9.17) is 9.47 Å². The first kappa shape index (κ1) is 17.7. The highest BCUT2D eigenvalue weighted by Crippen LogP contribution is 2.27. The van der Waals surface area contributed by atoms with Crippen LogP contribution in [0, 0.1) is 6.92 Å². The van der Waals surface area contributed by atoms with Crippen molar-refractivity contribution in [3.63, 3.8) is 0 Å². The van der Waals surface area contributed by atoms with Crippen molar-refractivity contribution in [2.75, 3.05) is 14.2 Å². The van der Waals surface area contributed by atoms with Crippen LogP contribution in [0.4, 0.5) is 0 Å². The van der Waals surface area contributed by atoms with Crippen LogP contribution in [0.3, 0.4) is 0 Å². The lowest BCUT2D eigenvalue weighted by atomic mass is 10.1. The van der Waals surface area contributed by atoms with Gasteiger partial charge in [0.25, 0.3) is 5.56 Å². The number of carboxylic acid groups (broad SMARTS) is 1. The summed E-state index contributed by atoms with van der Waals surface area (Å²) >= 11 is 0.878.